The van der Waals surface area contributed by atoms with E-state index in [2.05, 4.69) is 37.2 Å². The number of hydrazone groups is 1. The van der Waals surface area contributed by atoms with E-state index in [0.717, 1.165) is 23.0 Å². The Labute approximate surface area is 169 Å². The largest absolute Gasteiger partial charge is 0.396 e. The number of thiocarbonyl (C=S) groups is 1. The van der Waals surface area contributed by atoms with Gasteiger partial charge in [0.15, 0.2) is 5.11 Å². The standard InChI is InChI=1S/C20H23N7S/c1-3-22-20(28)27-26-13(2)17-9-7-16(21)19(25-17)24-12-14-6-8-18-15(11-14)5-4-10-23-18/h4-11H,3,12,21H2,1-2H3,(H,24,25)(H2,22,27,28)/b26-13+. The van der Waals surface area contributed by atoms with Gasteiger partial charge in [-0.15, -0.1) is 0 Å². The van der Waals surface area contributed by atoms with Crippen molar-refractivity contribution in [3.63, 3.8) is 0 Å². The summed E-state index contributed by atoms with van der Waals surface area (Å²) in [6, 6.07) is 13.8. The quantitative estimate of drug-likeness (QED) is 0.290. The maximum absolute atomic E-state index is 6.08. The fourth-order valence-corrected chi connectivity index (χ4v) is 2.82. The van der Waals surface area contributed by atoms with Gasteiger partial charge in [-0.2, -0.15) is 5.10 Å². The summed E-state index contributed by atoms with van der Waals surface area (Å²) in [7, 11) is 0. The zero-order valence-electron chi connectivity index (χ0n) is 15.9. The lowest BCUT2D eigenvalue weighted by atomic mass is 10.1. The lowest BCUT2D eigenvalue weighted by Crippen LogP contribution is -2.32. The van der Waals surface area contributed by atoms with E-state index in [1.807, 2.05) is 50.2 Å². The number of fused-ring (bicyclic) bond motifs is 1. The van der Waals surface area contributed by atoms with Crippen molar-refractivity contribution in [1.29, 1.82) is 0 Å². The van der Waals surface area contributed by atoms with Crippen LogP contribution in [-0.2, 0) is 6.54 Å². The van der Waals surface area contributed by atoms with Crippen molar-refractivity contribution in [2.24, 2.45) is 5.10 Å². The Bertz CT molecular complexity index is 1020. The molecule has 1 aromatic carbocycles. The molecule has 0 aliphatic rings. The number of nitrogens with one attached hydrogen (secondary N) is 3. The third-order valence-corrected chi connectivity index (χ3v) is 4.32. The Kier molecular flexibility index (Phi) is 6.33. The predicted molar refractivity (Wildman–Crippen MR) is 119 cm³/mol. The van der Waals surface area contributed by atoms with Crippen molar-refractivity contribution in [2.75, 3.05) is 17.6 Å². The van der Waals surface area contributed by atoms with Gasteiger partial charge in [-0.05, 0) is 62.0 Å². The van der Waals surface area contributed by atoms with E-state index in [0.29, 0.717) is 34.6 Å². The smallest absolute Gasteiger partial charge is 0.186 e. The number of pyridine rings is 2. The van der Waals surface area contributed by atoms with Crippen molar-refractivity contribution in [3.8, 4) is 0 Å². The number of nitrogens with two attached hydrogens (primary N) is 1. The van der Waals surface area contributed by atoms with Gasteiger partial charge in [0.25, 0.3) is 0 Å². The number of rotatable bonds is 6. The van der Waals surface area contributed by atoms with Gasteiger partial charge in [-0.25, -0.2) is 4.98 Å². The van der Waals surface area contributed by atoms with Gasteiger partial charge in [0, 0.05) is 24.7 Å². The Morgan fingerprint density at radius 1 is 1.21 bits per heavy atom. The first-order valence-electron chi connectivity index (χ1n) is 8.99. The van der Waals surface area contributed by atoms with Crippen molar-refractivity contribution in [3.05, 3.63) is 59.9 Å². The van der Waals surface area contributed by atoms with E-state index in [9.17, 15) is 0 Å². The molecule has 0 bridgehead atoms. The summed E-state index contributed by atoms with van der Waals surface area (Å²) in [5, 5.41) is 12.1. The molecule has 5 N–H and O–H groups in total. The molecule has 0 spiro atoms. The molecule has 0 saturated carbocycles. The second-order valence-electron chi connectivity index (χ2n) is 6.19. The number of nitrogens with zero attached hydrogens (tertiary/aromatic N) is 3. The highest BCUT2D eigenvalue weighted by Crippen LogP contribution is 2.19. The molecule has 0 fully saturated rings. The lowest BCUT2D eigenvalue weighted by molar-refractivity contribution is 0.900. The van der Waals surface area contributed by atoms with Crippen LogP contribution in [0.4, 0.5) is 11.5 Å². The van der Waals surface area contributed by atoms with Gasteiger partial charge in [0.2, 0.25) is 0 Å². The van der Waals surface area contributed by atoms with Gasteiger partial charge < -0.3 is 16.4 Å². The van der Waals surface area contributed by atoms with Gasteiger partial charge >= 0.3 is 0 Å². The third kappa shape index (κ3) is 4.92. The first kappa shape index (κ1) is 19.5. The normalized spacial score (nSPS) is 11.3. The number of benzene rings is 1. The van der Waals surface area contributed by atoms with E-state index in [1.165, 1.54) is 0 Å². The number of hydrogen-bond acceptors (Lipinski definition) is 6. The van der Waals surface area contributed by atoms with Crippen LogP contribution in [0.1, 0.15) is 25.1 Å². The molecule has 3 aromatic rings. The van der Waals surface area contributed by atoms with Gasteiger partial charge in [-0.1, -0.05) is 12.1 Å². The molecule has 0 radical (unpaired) electrons. The van der Waals surface area contributed by atoms with E-state index >= 15 is 0 Å². The number of hydrogen-bond donors (Lipinski definition) is 4. The monoisotopic (exact) mass is 393 g/mol. The molecular formula is C20H23N7S. The Morgan fingerprint density at radius 3 is 2.89 bits per heavy atom. The highest BCUT2D eigenvalue weighted by Gasteiger charge is 2.07. The van der Waals surface area contributed by atoms with Gasteiger partial charge in [0.05, 0.1) is 22.6 Å². The minimum absolute atomic E-state index is 0.474. The maximum atomic E-state index is 6.08. The minimum atomic E-state index is 0.474. The van der Waals surface area contributed by atoms with Crippen molar-refractivity contribution < 1.29 is 0 Å². The number of anilines is 2. The van der Waals surface area contributed by atoms with Crippen LogP contribution in [0.15, 0.2) is 53.8 Å². The second-order valence-corrected chi connectivity index (χ2v) is 6.60. The molecule has 0 unspecified atom stereocenters. The first-order valence-corrected chi connectivity index (χ1v) is 9.40. The molecule has 2 aromatic heterocycles. The molecule has 3 rings (SSSR count). The van der Waals surface area contributed by atoms with Crippen LogP contribution in [-0.4, -0.2) is 27.3 Å². The topological polar surface area (TPSA) is 100 Å². The van der Waals surface area contributed by atoms with Crippen LogP contribution < -0.4 is 21.8 Å². The van der Waals surface area contributed by atoms with Crippen LogP contribution in [0.25, 0.3) is 10.9 Å². The SMILES string of the molecule is CCNC(=S)N/N=C(\C)c1ccc(N)c(NCc2ccc3ncccc3c2)n1. The van der Waals surface area contributed by atoms with Gasteiger partial charge in [0.1, 0.15) is 5.82 Å². The molecular weight excluding hydrogens is 370 g/mol. The summed E-state index contributed by atoms with van der Waals surface area (Å²) >= 11 is 5.11. The molecule has 0 amide bonds. The molecule has 28 heavy (non-hydrogen) atoms. The first-order chi connectivity index (χ1) is 13.6. The molecule has 0 atom stereocenters. The molecule has 0 aliphatic heterocycles. The molecule has 144 valence electrons. The number of nitrogen functional groups attached to an aromatic ring is 1. The molecule has 0 aliphatic carbocycles. The summed E-state index contributed by atoms with van der Waals surface area (Å²) in [5.41, 5.74) is 13.0. The zero-order chi connectivity index (χ0) is 19.9. The summed E-state index contributed by atoms with van der Waals surface area (Å²) in [6.07, 6.45) is 1.79. The van der Waals surface area contributed by atoms with E-state index in [1.54, 1.807) is 6.20 Å². The van der Waals surface area contributed by atoms with E-state index in [-0.39, 0.29) is 0 Å². The Hall–Kier alpha value is -3.26. The van der Waals surface area contributed by atoms with Crippen molar-refractivity contribution in [1.82, 2.24) is 20.7 Å². The molecule has 7 nitrogen and oxygen atoms in total. The average molecular weight is 394 g/mol. The highest BCUT2D eigenvalue weighted by molar-refractivity contribution is 7.80. The fraction of sp³-hybridized carbons (Fsp3) is 0.200. The zero-order valence-corrected chi connectivity index (χ0v) is 16.7. The predicted octanol–water partition coefficient (Wildman–Crippen LogP) is 3.03. The van der Waals surface area contributed by atoms with Crippen molar-refractivity contribution in [2.45, 2.75) is 20.4 Å². The second kappa shape index (κ2) is 9.09. The molecule has 2 heterocycles. The summed E-state index contributed by atoms with van der Waals surface area (Å²) in [6.45, 7) is 5.17. The minimum Gasteiger partial charge on any atom is -0.396 e. The summed E-state index contributed by atoms with van der Waals surface area (Å²) < 4.78 is 0. The van der Waals surface area contributed by atoms with E-state index in [4.69, 9.17) is 18.0 Å². The lowest BCUT2D eigenvalue weighted by Gasteiger charge is -2.11. The molecule has 8 heteroatoms. The van der Waals surface area contributed by atoms with Crippen LogP contribution >= 0.6 is 12.2 Å². The van der Waals surface area contributed by atoms with E-state index < -0.39 is 0 Å². The Balaban J connectivity index is 1.72. The van der Waals surface area contributed by atoms with Crippen LogP contribution in [0.5, 0.6) is 0 Å². The van der Waals surface area contributed by atoms with Gasteiger partial charge in [-0.3, -0.25) is 10.4 Å². The van der Waals surface area contributed by atoms with Crippen LogP contribution in [0.2, 0.25) is 0 Å². The molecule has 0 saturated heterocycles. The highest BCUT2D eigenvalue weighted by atomic mass is 32.1. The third-order valence-electron chi connectivity index (χ3n) is 4.09. The fourth-order valence-electron chi connectivity index (χ4n) is 2.63. The average Bonchev–Trinajstić information content (AvgIpc) is 2.71. The Morgan fingerprint density at radius 2 is 2.07 bits per heavy atom. The van der Waals surface area contributed by atoms with Crippen LogP contribution in [0, 0.1) is 0 Å². The van der Waals surface area contributed by atoms with Crippen molar-refractivity contribution >= 4 is 45.5 Å². The maximum Gasteiger partial charge on any atom is 0.186 e. The number of aromatic nitrogens is 2. The van der Waals surface area contributed by atoms with Crippen LogP contribution in [0.3, 0.4) is 0 Å². The summed E-state index contributed by atoms with van der Waals surface area (Å²) in [5.74, 6) is 0.618. The summed E-state index contributed by atoms with van der Waals surface area (Å²) in [4.78, 5) is 8.93.